The Balaban J connectivity index is 1.51. The van der Waals surface area contributed by atoms with E-state index in [0.29, 0.717) is 6.04 Å². The molecule has 4 nitrogen and oxygen atoms in total. The molecule has 0 spiro atoms. The summed E-state index contributed by atoms with van der Waals surface area (Å²) in [5, 5.41) is 11.7. The Labute approximate surface area is 194 Å². The van der Waals surface area contributed by atoms with Crippen molar-refractivity contribution in [3.8, 4) is 16.9 Å². The normalized spacial score (nSPS) is 14.4. The quantitative estimate of drug-likeness (QED) is 0.360. The fourth-order valence-electron chi connectivity index (χ4n) is 4.57. The predicted octanol–water partition coefficient (Wildman–Crippen LogP) is 6.65. The lowest BCUT2D eigenvalue weighted by molar-refractivity contribution is 0.281. The summed E-state index contributed by atoms with van der Waals surface area (Å²) in [4.78, 5) is 2.23. The van der Waals surface area contributed by atoms with E-state index < -0.39 is 0 Å². The van der Waals surface area contributed by atoms with Crippen molar-refractivity contribution in [3.63, 3.8) is 0 Å². The van der Waals surface area contributed by atoms with Crippen LogP contribution in [0.2, 0.25) is 0 Å². The van der Waals surface area contributed by atoms with Crippen LogP contribution in [0.25, 0.3) is 27.7 Å². The second-order valence-corrected chi connectivity index (χ2v) is 8.95. The number of rotatable bonds is 4. The number of thiocarbonyl (C=S) groups is 1. The number of fused-ring (bicyclic) bond motifs is 1. The van der Waals surface area contributed by atoms with Gasteiger partial charge in [-0.2, -0.15) is 5.10 Å². The van der Waals surface area contributed by atoms with Crippen LogP contribution >= 0.6 is 12.2 Å². The van der Waals surface area contributed by atoms with E-state index in [1.54, 1.807) is 0 Å². The second kappa shape index (κ2) is 9.13. The molecule has 0 atom stereocenters. The molecule has 32 heavy (non-hydrogen) atoms. The summed E-state index contributed by atoms with van der Waals surface area (Å²) in [5.41, 5.74) is 3.92. The molecule has 0 aliphatic heterocycles. The fourth-order valence-corrected chi connectivity index (χ4v) is 4.82. The van der Waals surface area contributed by atoms with Gasteiger partial charge >= 0.3 is 0 Å². The van der Waals surface area contributed by atoms with Gasteiger partial charge in [-0.15, -0.1) is 0 Å². The maximum absolute atomic E-state index is 5.83. The van der Waals surface area contributed by atoms with Crippen molar-refractivity contribution < 1.29 is 0 Å². The molecule has 5 rings (SSSR count). The molecule has 1 aliphatic rings. The summed E-state index contributed by atoms with van der Waals surface area (Å²) in [6.45, 7) is 0. The van der Waals surface area contributed by atoms with Crippen molar-refractivity contribution in [2.75, 3.05) is 12.4 Å². The van der Waals surface area contributed by atoms with Gasteiger partial charge in [0.05, 0.1) is 17.6 Å². The minimum atomic E-state index is 0.511. The summed E-state index contributed by atoms with van der Waals surface area (Å²) in [6.07, 6.45) is 8.36. The molecule has 162 valence electrons. The zero-order valence-electron chi connectivity index (χ0n) is 18.4. The number of nitrogens with one attached hydrogen (secondary N) is 1. The summed E-state index contributed by atoms with van der Waals surface area (Å²) < 4.78 is 1.93. The van der Waals surface area contributed by atoms with E-state index in [1.807, 2.05) is 29.1 Å². The first-order chi connectivity index (χ1) is 15.7. The first-order valence-electron chi connectivity index (χ1n) is 11.4. The largest absolute Gasteiger partial charge is 0.349 e. The number of para-hydroxylation sites is 1. The van der Waals surface area contributed by atoms with Gasteiger partial charge in [-0.05, 0) is 54.0 Å². The predicted molar refractivity (Wildman–Crippen MR) is 137 cm³/mol. The Hall–Kier alpha value is -3.18. The smallest absolute Gasteiger partial charge is 0.173 e. The Morgan fingerprint density at radius 1 is 0.938 bits per heavy atom. The second-order valence-electron chi connectivity index (χ2n) is 8.57. The maximum Gasteiger partial charge on any atom is 0.173 e. The molecule has 5 heteroatoms. The molecular formula is C27H28N4S. The Bertz CT molecular complexity index is 1220. The Morgan fingerprint density at radius 2 is 1.66 bits per heavy atom. The third kappa shape index (κ3) is 4.26. The molecule has 1 aromatic heterocycles. The minimum absolute atomic E-state index is 0.511. The van der Waals surface area contributed by atoms with Crippen LogP contribution in [0.3, 0.4) is 0 Å². The standard InChI is InChI=1S/C27H28N4S/c1-30(23-12-4-2-5-13-23)27(32)28-25-19-31(24-14-6-3-7-15-24)29-26(25)22-17-16-20-10-8-9-11-21(20)18-22/h3,6-11,14-19,23H,2,4-5,12-13H2,1H3,(H,28,32). The molecule has 0 radical (unpaired) electrons. The molecule has 1 aliphatic carbocycles. The highest BCUT2D eigenvalue weighted by atomic mass is 32.1. The maximum atomic E-state index is 5.83. The summed E-state index contributed by atoms with van der Waals surface area (Å²) in [6, 6.07) is 25.6. The van der Waals surface area contributed by atoms with E-state index in [9.17, 15) is 0 Å². The molecule has 0 amide bonds. The first kappa shape index (κ1) is 20.7. The number of hydrogen-bond donors (Lipinski definition) is 1. The number of nitrogens with zero attached hydrogens (tertiary/aromatic N) is 3. The van der Waals surface area contributed by atoms with Gasteiger partial charge in [0, 0.05) is 18.7 Å². The van der Waals surface area contributed by atoms with Gasteiger partial charge in [-0.1, -0.05) is 73.9 Å². The van der Waals surface area contributed by atoms with Gasteiger partial charge < -0.3 is 10.2 Å². The molecule has 1 fully saturated rings. The molecule has 0 bridgehead atoms. The molecule has 1 saturated carbocycles. The van der Waals surface area contributed by atoms with Crippen LogP contribution in [0, 0.1) is 0 Å². The molecule has 4 aromatic rings. The topological polar surface area (TPSA) is 33.1 Å². The van der Waals surface area contributed by atoms with Gasteiger partial charge in [0.1, 0.15) is 5.69 Å². The molecule has 1 heterocycles. The van der Waals surface area contributed by atoms with Crippen LogP contribution in [0.1, 0.15) is 32.1 Å². The van der Waals surface area contributed by atoms with Gasteiger partial charge in [-0.3, -0.25) is 0 Å². The van der Waals surface area contributed by atoms with Crippen molar-refractivity contribution >= 4 is 33.8 Å². The highest BCUT2D eigenvalue weighted by Gasteiger charge is 2.22. The van der Waals surface area contributed by atoms with Crippen LogP contribution in [0.15, 0.2) is 79.0 Å². The average molecular weight is 441 g/mol. The fraction of sp³-hybridized carbons (Fsp3) is 0.259. The van der Waals surface area contributed by atoms with Gasteiger partial charge in [0.15, 0.2) is 5.11 Å². The SMILES string of the molecule is CN(C(=S)Nc1cn(-c2ccccc2)nc1-c1ccc2ccccc2c1)C1CCCCC1. The van der Waals surface area contributed by atoms with Gasteiger partial charge in [0.2, 0.25) is 0 Å². The lowest BCUT2D eigenvalue weighted by Gasteiger charge is -2.33. The Morgan fingerprint density at radius 3 is 2.44 bits per heavy atom. The highest BCUT2D eigenvalue weighted by Crippen LogP contribution is 2.31. The van der Waals surface area contributed by atoms with Crippen molar-refractivity contribution in [2.45, 2.75) is 38.1 Å². The van der Waals surface area contributed by atoms with Crippen LogP contribution < -0.4 is 5.32 Å². The molecule has 0 saturated heterocycles. The molecular weight excluding hydrogens is 412 g/mol. The van der Waals surface area contributed by atoms with E-state index in [4.69, 9.17) is 17.3 Å². The zero-order valence-corrected chi connectivity index (χ0v) is 19.2. The van der Waals surface area contributed by atoms with Crippen LogP contribution in [0.5, 0.6) is 0 Å². The van der Waals surface area contributed by atoms with Crippen molar-refractivity contribution in [1.29, 1.82) is 0 Å². The number of anilines is 1. The van der Waals surface area contributed by atoms with Crippen molar-refractivity contribution in [1.82, 2.24) is 14.7 Å². The van der Waals surface area contributed by atoms with Crippen LogP contribution in [0.4, 0.5) is 5.69 Å². The van der Waals surface area contributed by atoms with Crippen molar-refractivity contribution in [3.05, 3.63) is 79.0 Å². The van der Waals surface area contributed by atoms with E-state index >= 15 is 0 Å². The van der Waals surface area contributed by atoms with E-state index in [1.165, 1.54) is 42.9 Å². The number of hydrogen-bond acceptors (Lipinski definition) is 2. The summed E-state index contributed by atoms with van der Waals surface area (Å²) in [5.74, 6) is 0. The third-order valence-electron chi connectivity index (χ3n) is 6.44. The van der Waals surface area contributed by atoms with Gasteiger partial charge in [0.25, 0.3) is 0 Å². The Kier molecular flexibility index (Phi) is 5.91. The molecule has 0 unspecified atom stereocenters. The van der Waals surface area contributed by atoms with Gasteiger partial charge in [-0.25, -0.2) is 4.68 Å². The van der Waals surface area contributed by atoms with E-state index in [-0.39, 0.29) is 0 Å². The van der Waals surface area contributed by atoms with Crippen LogP contribution in [-0.2, 0) is 0 Å². The van der Waals surface area contributed by atoms with E-state index in [2.05, 4.69) is 71.9 Å². The van der Waals surface area contributed by atoms with Crippen LogP contribution in [-0.4, -0.2) is 32.9 Å². The average Bonchev–Trinajstić information content (AvgIpc) is 3.28. The minimum Gasteiger partial charge on any atom is -0.349 e. The van der Waals surface area contributed by atoms with E-state index in [0.717, 1.165) is 27.7 Å². The molecule has 3 aromatic carbocycles. The first-order valence-corrected chi connectivity index (χ1v) is 11.8. The highest BCUT2D eigenvalue weighted by molar-refractivity contribution is 7.80. The summed E-state index contributed by atoms with van der Waals surface area (Å²) in [7, 11) is 2.11. The summed E-state index contributed by atoms with van der Waals surface area (Å²) >= 11 is 5.83. The number of aromatic nitrogens is 2. The monoisotopic (exact) mass is 440 g/mol. The zero-order chi connectivity index (χ0) is 21.9. The van der Waals surface area contributed by atoms with Crippen molar-refractivity contribution in [2.24, 2.45) is 0 Å². The lowest BCUT2D eigenvalue weighted by Crippen LogP contribution is -2.40. The number of benzene rings is 3. The third-order valence-corrected chi connectivity index (χ3v) is 6.83. The lowest BCUT2D eigenvalue weighted by atomic mass is 9.95. The molecule has 1 N–H and O–H groups in total.